The Morgan fingerprint density at radius 3 is 2.25 bits per heavy atom. The number of thioether (sulfide) groups is 1. The molecule has 0 radical (unpaired) electrons. The van der Waals surface area contributed by atoms with Crippen LogP contribution in [0.5, 0.6) is 5.88 Å². The maximum absolute atomic E-state index is 8.52. The molecule has 0 bridgehead atoms. The van der Waals surface area contributed by atoms with Crippen LogP contribution in [0, 0.1) is 0 Å². The van der Waals surface area contributed by atoms with Gasteiger partial charge in [-0.3, -0.25) is 0 Å². The molecule has 0 aliphatic carbocycles. The quantitative estimate of drug-likeness (QED) is 0.670. The van der Waals surface area contributed by atoms with Gasteiger partial charge in [0.2, 0.25) is 5.88 Å². The van der Waals surface area contributed by atoms with Crippen LogP contribution in [0.1, 0.15) is 12.8 Å². The third kappa shape index (κ3) is 4.23. The molecular formula is C9H13NOS. The molecule has 0 spiro atoms. The summed E-state index contributed by atoms with van der Waals surface area (Å²) in [7, 11) is 0. The Kier molecular flexibility index (Phi) is 4.61. The number of pyridine rings is 1. The van der Waals surface area contributed by atoms with E-state index in [1.54, 1.807) is 12.1 Å². The Morgan fingerprint density at radius 2 is 2.00 bits per heavy atom. The van der Waals surface area contributed by atoms with Crippen molar-refractivity contribution in [2.45, 2.75) is 12.8 Å². The van der Waals surface area contributed by atoms with Crippen molar-refractivity contribution >= 4 is 11.8 Å². The normalized spacial score (nSPS) is 15.0. The average molecular weight is 183 g/mol. The molecule has 2 nitrogen and oxygen atoms in total. The molecule has 1 saturated heterocycles. The Hall–Kier alpha value is -0.700. The molecule has 0 aromatic carbocycles. The molecule has 12 heavy (non-hydrogen) atoms. The van der Waals surface area contributed by atoms with Crippen LogP contribution in [-0.2, 0) is 0 Å². The lowest BCUT2D eigenvalue weighted by Crippen LogP contribution is -1.66. The number of hydrogen-bond donors (Lipinski definition) is 1. The third-order valence-electron chi connectivity index (χ3n) is 1.48. The molecule has 1 aliphatic heterocycles. The first-order chi connectivity index (χ1) is 5.89. The third-order valence-corrected chi connectivity index (χ3v) is 2.63. The lowest BCUT2D eigenvalue weighted by atomic mass is 10.4. The number of rotatable bonds is 0. The SMILES string of the molecule is C1CCSC1.Oc1ccccn1. The van der Waals surface area contributed by atoms with Crippen molar-refractivity contribution in [3.63, 3.8) is 0 Å². The van der Waals surface area contributed by atoms with E-state index in [2.05, 4.69) is 16.7 Å². The summed E-state index contributed by atoms with van der Waals surface area (Å²) in [6.07, 6.45) is 4.46. The second kappa shape index (κ2) is 5.89. The maximum atomic E-state index is 8.52. The number of aromatic nitrogens is 1. The minimum atomic E-state index is 0.0718. The van der Waals surface area contributed by atoms with E-state index in [0.717, 1.165) is 0 Å². The predicted molar refractivity (Wildman–Crippen MR) is 52.5 cm³/mol. The van der Waals surface area contributed by atoms with Gasteiger partial charge in [0.1, 0.15) is 0 Å². The highest BCUT2D eigenvalue weighted by atomic mass is 32.2. The molecule has 1 aromatic rings. The zero-order valence-electron chi connectivity index (χ0n) is 6.94. The monoisotopic (exact) mass is 183 g/mol. The summed E-state index contributed by atoms with van der Waals surface area (Å²) >= 11 is 2.07. The highest BCUT2D eigenvalue weighted by Gasteiger charge is 1.95. The lowest BCUT2D eigenvalue weighted by molar-refractivity contribution is 0.453. The van der Waals surface area contributed by atoms with Crippen LogP contribution < -0.4 is 0 Å². The number of aromatic hydroxyl groups is 1. The summed E-state index contributed by atoms with van der Waals surface area (Å²) in [4.78, 5) is 3.53. The minimum Gasteiger partial charge on any atom is -0.493 e. The van der Waals surface area contributed by atoms with E-state index in [4.69, 9.17) is 5.11 Å². The Morgan fingerprint density at radius 1 is 1.25 bits per heavy atom. The van der Waals surface area contributed by atoms with Crippen molar-refractivity contribution in [3.8, 4) is 5.88 Å². The summed E-state index contributed by atoms with van der Waals surface area (Å²) in [5.41, 5.74) is 0. The van der Waals surface area contributed by atoms with Gasteiger partial charge >= 0.3 is 0 Å². The van der Waals surface area contributed by atoms with E-state index in [-0.39, 0.29) is 5.88 Å². The van der Waals surface area contributed by atoms with E-state index in [1.807, 2.05) is 0 Å². The van der Waals surface area contributed by atoms with Gasteiger partial charge in [-0.2, -0.15) is 11.8 Å². The fourth-order valence-electron chi connectivity index (χ4n) is 0.864. The molecule has 0 unspecified atom stereocenters. The molecule has 1 N–H and O–H groups in total. The van der Waals surface area contributed by atoms with Gasteiger partial charge in [-0.1, -0.05) is 6.07 Å². The highest BCUT2D eigenvalue weighted by molar-refractivity contribution is 7.99. The fraction of sp³-hybridized carbons (Fsp3) is 0.444. The van der Waals surface area contributed by atoms with E-state index >= 15 is 0 Å². The first-order valence-corrected chi connectivity index (χ1v) is 5.23. The van der Waals surface area contributed by atoms with Gasteiger partial charge in [0.05, 0.1) is 0 Å². The van der Waals surface area contributed by atoms with E-state index in [1.165, 1.54) is 36.6 Å². The van der Waals surface area contributed by atoms with Crippen LogP contribution >= 0.6 is 11.8 Å². The Balaban J connectivity index is 0.000000127. The molecule has 1 aromatic heterocycles. The smallest absolute Gasteiger partial charge is 0.210 e. The van der Waals surface area contributed by atoms with E-state index < -0.39 is 0 Å². The number of hydrogen-bond acceptors (Lipinski definition) is 3. The van der Waals surface area contributed by atoms with Crippen molar-refractivity contribution in [2.75, 3.05) is 11.5 Å². The Bertz CT molecular complexity index is 191. The lowest BCUT2D eigenvalue weighted by Gasteiger charge is -1.81. The van der Waals surface area contributed by atoms with Crippen LogP contribution in [-0.4, -0.2) is 21.6 Å². The van der Waals surface area contributed by atoms with Gasteiger partial charge in [0, 0.05) is 12.3 Å². The molecule has 66 valence electrons. The summed E-state index contributed by atoms with van der Waals surface area (Å²) in [5, 5.41) is 8.52. The van der Waals surface area contributed by atoms with Crippen LogP contribution in [0.2, 0.25) is 0 Å². The zero-order valence-corrected chi connectivity index (χ0v) is 7.76. The maximum Gasteiger partial charge on any atom is 0.210 e. The molecule has 0 amide bonds. The van der Waals surface area contributed by atoms with Gasteiger partial charge in [-0.25, -0.2) is 4.98 Å². The minimum absolute atomic E-state index is 0.0718. The topological polar surface area (TPSA) is 33.1 Å². The molecular weight excluding hydrogens is 170 g/mol. The van der Waals surface area contributed by atoms with Crippen LogP contribution in [0.3, 0.4) is 0 Å². The first kappa shape index (κ1) is 9.39. The highest BCUT2D eigenvalue weighted by Crippen LogP contribution is 2.14. The van der Waals surface area contributed by atoms with Crippen molar-refractivity contribution in [3.05, 3.63) is 24.4 Å². The van der Waals surface area contributed by atoms with Gasteiger partial charge in [0.15, 0.2) is 0 Å². The van der Waals surface area contributed by atoms with Gasteiger partial charge in [0.25, 0.3) is 0 Å². The van der Waals surface area contributed by atoms with Gasteiger partial charge < -0.3 is 5.11 Å². The summed E-state index contributed by atoms with van der Waals surface area (Å²) in [6.45, 7) is 0. The zero-order chi connectivity index (χ0) is 8.65. The molecule has 2 rings (SSSR count). The first-order valence-electron chi connectivity index (χ1n) is 4.07. The second-order valence-electron chi connectivity index (χ2n) is 2.51. The average Bonchev–Trinajstić information content (AvgIpc) is 2.62. The number of nitrogens with zero attached hydrogens (tertiary/aromatic N) is 1. The van der Waals surface area contributed by atoms with Crippen LogP contribution in [0.4, 0.5) is 0 Å². The fourth-order valence-corrected chi connectivity index (χ4v) is 1.88. The molecule has 1 fully saturated rings. The molecule has 1 aliphatic rings. The van der Waals surface area contributed by atoms with Crippen molar-refractivity contribution in [2.24, 2.45) is 0 Å². The van der Waals surface area contributed by atoms with Gasteiger partial charge in [-0.15, -0.1) is 0 Å². The molecule has 3 heteroatoms. The molecule has 0 atom stereocenters. The summed E-state index contributed by atoms with van der Waals surface area (Å²) < 4.78 is 0. The van der Waals surface area contributed by atoms with Crippen molar-refractivity contribution in [1.82, 2.24) is 4.98 Å². The van der Waals surface area contributed by atoms with Crippen LogP contribution in [0.25, 0.3) is 0 Å². The summed E-state index contributed by atoms with van der Waals surface area (Å²) in [5.74, 6) is 2.91. The van der Waals surface area contributed by atoms with Gasteiger partial charge in [-0.05, 0) is 30.4 Å². The second-order valence-corrected chi connectivity index (χ2v) is 3.73. The van der Waals surface area contributed by atoms with Crippen molar-refractivity contribution < 1.29 is 5.11 Å². The largest absolute Gasteiger partial charge is 0.493 e. The van der Waals surface area contributed by atoms with E-state index in [9.17, 15) is 0 Å². The molecule has 0 saturated carbocycles. The van der Waals surface area contributed by atoms with Crippen LogP contribution in [0.15, 0.2) is 24.4 Å². The van der Waals surface area contributed by atoms with Crippen molar-refractivity contribution in [1.29, 1.82) is 0 Å². The van der Waals surface area contributed by atoms with E-state index in [0.29, 0.717) is 0 Å². The summed E-state index contributed by atoms with van der Waals surface area (Å²) in [6, 6.07) is 5.00. The molecule has 2 heterocycles. The predicted octanol–water partition coefficient (Wildman–Crippen LogP) is 2.30. The standard InChI is InChI=1S/C5H5NO.C4H8S/c7-5-3-1-2-4-6-5;1-2-4-5-3-1/h1-4H,(H,6,7);1-4H2. The Labute approximate surface area is 77.0 Å².